The van der Waals surface area contributed by atoms with Crippen LogP contribution in [0.25, 0.3) is 0 Å². The molecule has 0 radical (unpaired) electrons. The predicted molar refractivity (Wildman–Crippen MR) is 97.1 cm³/mol. The van der Waals surface area contributed by atoms with Crippen molar-refractivity contribution in [2.75, 3.05) is 6.26 Å². The van der Waals surface area contributed by atoms with Gasteiger partial charge in [0.15, 0.2) is 15.6 Å². The molecule has 0 aromatic carbocycles. The molecule has 6 heteroatoms. The maximum atomic E-state index is 12.5. The summed E-state index contributed by atoms with van der Waals surface area (Å²) >= 11 is 0. The van der Waals surface area contributed by atoms with E-state index in [0.29, 0.717) is 12.0 Å². The Morgan fingerprint density at radius 3 is 2.40 bits per heavy atom. The van der Waals surface area contributed by atoms with Crippen molar-refractivity contribution in [2.45, 2.75) is 77.3 Å². The monoisotopic (exact) mass is 370 g/mol. The number of allylic oxidation sites excluding steroid dienone is 1. The summed E-state index contributed by atoms with van der Waals surface area (Å²) in [6, 6.07) is 0. The summed E-state index contributed by atoms with van der Waals surface area (Å²) in [5.74, 6) is 0.00653. The molecule has 142 valence electrons. The van der Waals surface area contributed by atoms with Crippen LogP contribution in [0.15, 0.2) is 11.1 Å². The highest BCUT2D eigenvalue weighted by Crippen LogP contribution is 2.47. The van der Waals surface area contributed by atoms with Crippen LogP contribution >= 0.6 is 0 Å². The van der Waals surface area contributed by atoms with Gasteiger partial charge in [-0.1, -0.05) is 12.5 Å². The van der Waals surface area contributed by atoms with Crippen LogP contribution in [-0.4, -0.2) is 43.2 Å². The smallest absolute Gasteiger partial charge is 0.158 e. The van der Waals surface area contributed by atoms with Gasteiger partial charge in [0.1, 0.15) is 11.0 Å². The molecule has 0 aliphatic heterocycles. The number of rotatable bonds is 5. The molecule has 3 unspecified atom stereocenters. The summed E-state index contributed by atoms with van der Waals surface area (Å²) in [4.78, 5) is 24.4. The Morgan fingerprint density at radius 2 is 1.92 bits per heavy atom. The van der Waals surface area contributed by atoms with E-state index in [4.69, 9.17) is 4.74 Å². The lowest BCUT2D eigenvalue weighted by Crippen LogP contribution is -2.35. The number of hydrogen-bond donors (Lipinski definition) is 0. The van der Waals surface area contributed by atoms with Gasteiger partial charge in [-0.15, -0.1) is 0 Å². The average molecular weight is 371 g/mol. The third kappa shape index (κ3) is 4.59. The molecule has 0 heterocycles. The number of hydrogen-bond acceptors (Lipinski definition) is 5. The van der Waals surface area contributed by atoms with Crippen LogP contribution < -0.4 is 0 Å². The molecular weight excluding hydrogens is 340 g/mol. The lowest BCUT2D eigenvalue weighted by atomic mass is 9.81. The summed E-state index contributed by atoms with van der Waals surface area (Å²) in [7, 11) is -3.54. The molecule has 0 spiro atoms. The Kier molecular flexibility index (Phi) is 5.65. The van der Waals surface area contributed by atoms with Crippen LogP contribution in [0.3, 0.4) is 0 Å². The number of carbonyl (C=O) groups is 2. The van der Waals surface area contributed by atoms with Crippen molar-refractivity contribution in [1.82, 2.24) is 0 Å². The summed E-state index contributed by atoms with van der Waals surface area (Å²) < 4.78 is 30.2. The first-order valence-corrected chi connectivity index (χ1v) is 10.9. The fourth-order valence-electron chi connectivity index (χ4n) is 4.14. The highest BCUT2D eigenvalue weighted by Gasteiger charge is 2.45. The molecule has 0 N–H and O–H groups in total. The molecular formula is C19H30O5S. The summed E-state index contributed by atoms with van der Waals surface area (Å²) in [6.45, 7) is 9.45. The first-order chi connectivity index (χ1) is 11.3. The Labute approximate surface area is 151 Å². The van der Waals surface area contributed by atoms with Gasteiger partial charge in [0.2, 0.25) is 0 Å². The van der Waals surface area contributed by atoms with E-state index in [1.54, 1.807) is 0 Å². The Morgan fingerprint density at radius 1 is 1.32 bits per heavy atom. The molecule has 0 amide bonds. The molecule has 2 aliphatic carbocycles. The van der Waals surface area contributed by atoms with Crippen LogP contribution in [0.2, 0.25) is 0 Å². The largest absolute Gasteiger partial charge is 0.372 e. The lowest BCUT2D eigenvalue weighted by molar-refractivity contribution is -0.118. The molecule has 5 nitrogen and oxygen atoms in total. The predicted octanol–water partition coefficient (Wildman–Crippen LogP) is 2.88. The summed E-state index contributed by atoms with van der Waals surface area (Å²) in [6.07, 6.45) is 2.99. The van der Waals surface area contributed by atoms with Crippen molar-refractivity contribution in [3.63, 3.8) is 0 Å². The molecule has 0 aromatic heterocycles. The van der Waals surface area contributed by atoms with Gasteiger partial charge in [0.25, 0.3) is 0 Å². The molecule has 25 heavy (non-hydrogen) atoms. The van der Waals surface area contributed by atoms with Crippen LogP contribution in [0.1, 0.15) is 60.3 Å². The van der Waals surface area contributed by atoms with E-state index >= 15 is 0 Å². The van der Waals surface area contributed by atoms with E-state index < -0.39 is 20.9 Å². The molecule has 0 aromatic rings. The highest BCUT2D eigenvalue weighted by atomic mass is 32.2. The van der Waals surface area contributed by atoms with Crippen molar-refractivity contribution >= 4 is 21.4 Å². The van der Waals surface area contributed by atoms with E-state index in [-0.39, 0.29) is 35.7 Å². The zero-order valence-electron chi connectivity index (χ0n) is 16.1. The van der Waals surface area contributed by atoms with Crippen LogP contribution in [0.4, 0.5) is 0 Å². The van der Waals surface area contributed by atoms with E-state index in [1.807, 2.05) is 20.8 Å². The molecule has 1 saturated carbocycles. The van der Waals surface area contributed by atoms with Gasteiger partial charge in [-0.3, -0.25) is 9.59 Å². The van der Waals surface area contributed by atoms with Gasteiger partial charge in [-0.05, 0) is 58.4 Å². The zero-order valence-corrected chi connectivity index (χ0v) is 16.9. The van der Waals surface area contributed by atoms with Gasteiger partial charge >= 0.3 is 0 Å². The maximum Gasteiger partial charge on any atom is 0.158 e. The topological polar surface area (TPSA) is 77.5 Å². The maximum absolute atomic E-state index is 12.5. The third-order valence-corrected chi connectivity index (χ3v) is 6.74. The number of fused-ring (bicyclic) bond motifs is 1. The minimum atomic E-state index is -3.54. The van der Waals surface area contributed by atoms with Crippen LogP contribution in [0.5, 0.6) is 0 Å². The van der Waals surface area contributed by atoms with Crippen molar-refractivity contribution in [1.29, 1.82) is 0 Å². The van der Waals surface area contributed by atoms with Crippen molar-refractivity contribution in [3.05, 3.63) is 11.1 Å². The van der Waals surface area contributed by atoms with Gasteiger partial charge in [0.05, 0.1) is 11.7 Å². The van der Waals surface area contributed by atoms with Crippen LogP contribution in [0, 0.1) is 11.8 Å². The summed E-state index contributed by atoms with van der Waals surface area (Å²) in [5.41, 5.74) is 1.31. The second-order valence-electron chi connectivity index (χ2n) is 8.58. The van der Waals surface area contributed by atoms with E-state index in [2.05, 4.69) is 6.92 Å². The van der Waals surface area contributed by atoms with Gasteiger partial charge < -0.3 is 4.74 Å². The molecule has 4 atom stereocenters. The molecule has 0 bridgehead atoms. The van der Waals surface area contributed by atoms with E-state index in [0.717, 1.165) is 24.7 Å². The molecule has 2 rings (SSSR count). The number of sulfone groups is 1. The quantitative estimate of drug-likeness (QED) is 0.744. The van der Waals surface area contributed by atoms with Crippen LogP contribution in [-0.2, 0) is 24.2 Å². The minimum absolute atomic E-state index is 0.00773. The number of carbonyl (C=O) groups excluding carboxylic acids is 2. The zero-order chi connectivity index (χ0) is 19.2. The number of Topliss-reactive ketones (excluding diaryl/α,β-unsaturated/α-hetero) is 2. The normalized spacial score (nSPS) is 28.9. The van der Waals surface area contributed by atoms with Gasteiger partial charge in [-0.2, -0.15) is 0 Å². The van der Waals surface area contributed by atoms with Crippen molar-refractivity contribution in [2.24, 2.45) is 11.8 Å². The van der Waals surface area contributed by atoms with E-state index in [1.165, 1.54) is 6.92 Å². The van der Waals surface area contributed by atoms with Gasteiger partial charge in [0, 0.05) is 18.6 Å². The first kappa shape index (κ1) is 20.3. The first-order valence-electron chi connectivity index (χ1n) is 8.93. The Bertz CT molecular complexity index is 696. The molecule has 1 fully saturated rings. The highest BCUT2D eigenvalue weighted by molar-refractivity contribution is 7.92. The Hall–Kier alpha value is -1.01. The molecule has 0 saturated heterocycles. The van der Waals surface area contributed by atoms with Gasteiger partial charge in [-0.25, -0.2) is 8.42 Å². The fourth-order valence-corrected chi connectivity index (χ4v) is 5.22. The Balaban J connectivity index is 2.39. The second-order valence-corrected chi connectivity index (χ2v) is 10.8. The lowest BCUT2D eigenvalue weighted by Gasteiger charge is -2.33. The molecule has 2 aliphatic rings. The standard InChI is InChI=1S/C19H30O5S/c1-11-9-14-13(18(11)24-19(3,4)5)7-8-16(21)15(14)10-17(12(2)20)25(6,22)23/h11,13,17-18H,7-10H2,1-6H3/t11?,13?,17?,18-/m1/s1. The minimum Gasteiger partial charge on any atom is -0.372 e. The summed E-state index contributed by atoms with van der Waals surface area (Å²) in [5, 5.41) is -1.13. The van der Waals surface area contributed by atoms with E-state index in [9.17, 15) is 18.0 Å². The number of ether oxygens (including phenoxy) is 1. The number of ketones is 2. The van der Waals surface area contributed by atoms with Crippen molar-refractivity contribution in [3.8, 4) is 0 Å². The second kappa shape index (κ2) is 6.95. The SMILES string of the molecule is CC(=O)C(CC1=C2CC(C)[C@@H](OC(C)(C)C)C2CCC1=O)S(C)(=O)=O. The average Bonchev–Trinajstić information content (AvgIpc) is 2.70. The fraction of sp³-hybridized carbons (Fsp3) is 0.789. The van der Waals surface area contributed by atoms with Crippen molar-refractivity contribution < 1.29 is 22.7 Å². The third-order valence-electron chi connectivity index (χ3n) is 5.20.